The van der Waals surface area contributed by atoms with Crippen LogP contribution in [0.15, 0.2) is 29.6 Å². The minimum Gasteiger partial charge on any atom is -0.325 e. The number of hydrogen-bond donors (Lipinski definition) is 1. The summed E-state index contributed by atoms with van der Waals surface area (Å²) in [6, 6.07) is 6.60. The zero-order chi connectivity index (χ0) is 13.1. The highest BCUT2D eigenvalue weighted by molar-refractivity contribution is 7.09. The van der Waals surface area contributed by atoms with Gasteiger partial charge in [0.15, 0.2) is 0 Å². The Bertz CT molecular complexity index is 524. The molecule has 2 rings (SSSR count). The summed E-state index contributed by atoms with van der Waals surface area (Å²) in [6.45, 7) is 0.430. The van der Waals surface area contributed by atoms with Crippen molar-refractivity contribution in [3.63, 3.8) is 0 Å². The largest absolute Gasteiger partial charge is 0.325 e. The summed E-state index contributed by atoms with van der Waals surface area (Å²) in [6.07, 6.45) is 0. The first-order chi connectivity index (χ1) is 8.61. The van der Waals surface area contributed by atoms with Gasteiger partial charge in [-0.2, -0.15) is 0 Å². The smallest absolute Gasteiger partial charge is 0.123 e. The average molecular weight is 265 g/mol. The van der Waals surface area contributed by atoms with E-state index in [2.05, 4.69) is 4.98 Å². The van der Waals surface area contributed by atoms with Gasteiger partial charge in [-0.15, -0.1) is 11.3 Å². The van der Waals surface area contributed by atoms with Crippen molar-refractivity contribution < 1.29 is 4.39 Å². The van der Waals surface area contributed by atoms with E-state index in [1.807, 2.05) is 30.4 Å². The summed E-state index contributed by atoms with van der Waals surface area (Å²) in [7, 11) is 3.91. The molecule has 1 atom stereocenters. The highest BCUT2D eigenvalue weighted by atomic mass is 32.1. The number of aromatic nitrogens is 1. The third-order valence-electron chi connectivity index (χ3n) is 2.69. The number of benzene rings is 1. The van der Waals surface area contributed by atoms with Gasteiger partial charge in [0.1, 0.15) is 10.8 Å². The van der Waals surface area contributed by atoms with Crippen molar-refractivity contribution in [2.45, 2.75) is 12.6 Å². The van der Waals surface area contributed by atoms with Crippen molar-refractivity contribution in [3.05, 3.63) is 51.7 Å². The molecule has 0 fully saturated rings. The Morgan fingerprint density at radius 1 is 1.44 bits per heavy atom. The molecule has 1 aromatic carbocycles. The second-order valence-corrected chi connectivity index (χ2v) is 5.19. The van der Waals surface area contributed by atoms with Crippen LogP contribution < -0.4 is 5.73 Å². The van der Waals surface area contributed by atoms with Crippen LogP contribution >= 0.6 is 11.3 Å². The van der Waals surface area contributed by atoms with E-state index in [-0.39, 0.29) is 11.9 Å². The van der Waals surface area contributed by atoms with Crippen molar-refractivity contribution in [2.24, 2.45) is 5.73 Å². The lowest BCUT2D eigenvalue weighted by Gasteiger charge is -2.22. The van der Waals surface area contributed by atoms with Gasteiger partial charge in [0.25, 0.3) is 0 Å². The van der Waals surface area contributed by atoms with E-state index in [4.69, 9.17) is 5.73 Å². The molecule has 0 bridgehead atoms. The predicted molar refractivity (Wildman–Crippen MR) is 71.9 cm³/mol. The van der Waals surface area contributed by atoms with Gasteiger partial charge in [0, 0.05) is 11.9 Å². The molecule has 1 unspecified atom stereocenters. The molecule has 0 saturated carbocycles. The Balaban J connectivity index is 2.39. The molecule has 0 aliphatic carbocycles. The van der Waals surface area contributed by atoms with E-state index in [9.17, 15) is 4.39 Å². The highest BCUT2D eigenvalue weighted by Crippen LogP contribution is 2.29. The lowest BCUT2D eigenvalue weighted by Crippen LogP contribution is -2.21. The van der Waals surface area contributed by atoms with Gasteiger partial charge in [-0.25, -0.2) is 9.37 Å². The topological polar surface area (TPSA) is 42.2 Å². The van der Waals surface area contributed by atoms with Crippen LogP contribution in [0.25, 0.3) is 0 Å². The highest BCUT2D eigenvalue weighted by Gasteiger charge is 2.20. The number of nitrogens with two attached hydrogens (primary N) is 1. The fraction of sp³-hybridized carbons (Fsp3) is 0.308. The first kappa shape index (κ1) is 13.1. The summed E-state index contributed by atoms with van der Waals surface area (Å²) >= 11 is 1.56. The van der Waals surface area contributed by atoms with Crippen molar-refractivity contribution >= 4 is 11.3 Å². The molecular formula is C13H16FN3S. The van der Waals surface area contributed by atoms with Crippen LogP contribution in [0.2, 0.25) is 0 Å². The molecule has 2 N–H and O–H groups in total. The summed E-state index contributed by atoms with van der Waals surface area (Å²) in [4.78, 5) is 6.51. The number of halogens is 1. The van der Waals surface area contributed by atoms with Gasteiger partial charge in [-0.1, -0.05) is 12.1 Å². The molecular weight excluding hydrogens is 249 g/mol. The molecule has 18 heavy (non-hydrogen) atoms. The van der Waals surface area contributed by atoms with Gasteiger partial charge < -0.3 is 5.73 Å². The first-order valence-electron chi connectivity index (χ1n) is 5.68. The molecule has 0 spiro atoms. The molecule has 0 radical (unpaired) electrons. The molecule has 0 aliphatic heterocycles. The Hall–Kier alpha value is -1.30. The van der Waals surface area contributed by atoms with Gasteiger partial charge in [0.05, 0.1) is 11.7 Å². The van der Waals surface area contributed by atoms with E-state index < -0.39 is 0 Å². The standard InChI is InChI=1S/C13H16FN3S/c1-17(2)12(9-4-3-5-10(14)6-9)13-16-11(7-15)8-18-13/h3-6,8,12H,7,15H2,1-2H3. The van der Waals surface area contributed by atoms with E-state index in [0.717, 1.165) is 16.3 Å². The quantitative estimate of drug-likeness (QED) is 0.923. The maximum absolute atomic E-state index is 13.3. The van der Waals surface area contributed by atoms with Crippen LogP contribution in [0.3, 0.4) is 0 Å². The molecule has 1 aromatic heterocycles. The third-order valence-corrected chi connectivity index (χ3v) is 3.64. The Kier molecular flexibility index (Phi) is 4.06. The number of thiazole rings is 1. The maximum Gasteiger partial charge on any atom is 0.123 e. The molecule has 3 nitrogen and oxygen atoms in total. The van der Waals surface area contributed by atoms with E-state index in [1.54, 1.807) is 23.5 Å². The normalized spacial score (nSPS) is 12.9. The summed E-state index contributed by atoms with van der Waals surface area (Å²) in [5.41, 5.74) is 7.35. The second kappa shape index (κ2) is 5.56. The van der Waals surface area contributed by atoms with Gasteiger partial charge in [-0.05, 0) is 31.8 Å². The lowest BCUT2D eigenvalue weighted by molar-refractivity contribution is 0.340. The zero-order valence-electron chi connectivity index (χ0n) is 10.4. The van der Waals surface area contributed by atoms with Crippen LogP contribution in [-0.2, 0) is 6.54 Å². The fourth-order valence-electron chi connectivity index (χ4n) is 1.88. The average Bonchev–Trinajstić information content (AvgIpc) is 2.77. The minimum absolute atomic E-state index is 0.0361. The molecule has 2 aromatic rings. The monoisotopic (exact) mass is 265 g/mol. The predicted octanol–water partition coefficient (Wildman–Crippen LogP) is 2.39. The van der Waals surface area contributed by atoms with Crippen LogP contribution in [0, 0.1) is 5.82 Å². The Morgan fingerprint density at radius 3 is 2.78 bits per heavy atom. The minimum atomic E-state index is -0.227. The fourth-order valence-corrected chi connectivity index (χ4v) is 2.93. The first-order valence-corrected chi connectivity index (χ1v) is 6.56. The van der Waals surface area contributed by atoms with Gasteiger partial charge >= 0.3 is 0 Å². The SMILES string of the molecule is CN(C)C(c1cccc(F)c1)c1nc(CN)cs1. The summed E-state index contributed by atoms with van der Waals surface area (Å²) < 4.78 is 13.3. The zero-order valence-corrected chi connectivity index (χ0v) is 11.2. The van der Waals surface area contributed by atoms with Crippen molar-refractivity contribution in [1.29, 1.82) is 0 Å². The second-order valence-electron chi connectivity index (χ2n) is 4.30. The third kappa shape index (κ3) is 2.75. The lowest BCUT2D eigenvalue weighted by atomic mass is 10.1. The van der Waals surface area contributed by atoms with Crippen molar-refractivity contribution in [3.8, 4) is 0 Å². The van der Waals surface area contributed by atoms with E-state index >= 15 is 0 Å². The number of hydrogen-bond acceptors (Lipinski definition) is 4. The molecule has 0 amide bonds. The van der Waals surface area contributed by atoms with Crippen molar-refractivity contribution in [1.82, 2.24) is 9.88 Å². The maximum atomic E-state index is 13.3. The molecule has 5 heteroatoms. The summed E-state index contributed by atoms with van der Waals surface area (Å²) in [5, 5.41) is 2.89. The number of rotatable bonds is 4. The van der Waals surface area contributed by atoms with Crippen LogP contribution in [-0.4, -0.2) is 24.0 Å². The van der Waals surface area contributed by atoms with Crippen LogP contribution in [0.4, 0.5) is 4.39 Å². The van der Waals surface area contributed by atoms with Crippen molar-refractivity contribution in [2.75, 3.05) is 14.1 Å². The Morgan fingerprint density at radius 2 is 2.22 bits per heavy atom. The summed E-state index contributed by atoms with van der Waals surface area (Å²) in [5.74, 6) is -0.227. The number of nitrogens with zero attached hydrogens (tertiary/aromatic N) is 2. The van der Waals surface area contributed by atoms with Crippen LogP contribution in [0.5, 0.6) is 0 Å². The molecule has 0 saturated heterocycles. The van der Waals surface area contributed by atoms with E-state index in [1.165, 1.54) is 6.07 Å². The van der Waals surface area contributed by atoms with Gasteiger partial charge in [-0.3, -0.25) is 4.90 Å². The Labute approximate surface area is 110 Å². The van der Waals surface area contributed by atoms with E-state index in [0.29, 0.717) is 6.54 Å². The van der Waals surface area contributed by atoms with Crippen LogP contribution in [0.1, 0.15) is 22.3 Å². The molecule has 1 heterocycles. The molecule has 96 valence electrons. The van der Waals surface area contributed by atoms with Gasteiger partial charge in [0.2, 0.25) is 0 Å². The molecule has 0 aliphatic rings.